The molecule has 4 heteroatoms. The van der Waals surface area contributed by atoms with Gasteiger partial charge < -0.3 is 4.90 Å². The molecule has 1 aromatic heterocycles. The van der Waals surface area contributed by atoms with Crippen molar-refractivity contribution in [3.8, 4) is 11.3 Å². The molecule has 1 heterocycles. The number of carbonyl (C=O) groups is 1. The van der Waals surface area contributed by atoms with Gasteiger partial charge in [0.2, 0.25) is 0 Å². The number of hydrogen-bond acceptors (Lipinski definition) is 2. The Morgan fingerprint density at radius 2 is 1.63 bits per heavy atom. The molecule has 0 spiro atoms. The first-order valence-electron chi connectivity index (χ1n) is 9.48. The second-order valence-corrected chi connectivity index (χ2v) is 7.59. The van der Waals surface area contributed by atoms with Gasteiger partial charge in [-0.25, -0.2) is 0 Å². The van der Waals surface area contributed by atoms with E-state index in [-0.39, 0.29) is 5.91 Å². The molecule has 1 fully saturated rings. The van der Waals surface area contributed by atoms with Gasteiger partial charge in [-0.2, -0.15) is 5.10 Å². The molecule has 0 bridgehead atoms. The number of carbonyl (C=O) groups excluding carboxylic acids is 1. The smallest absolute Gasteiger partial charge is 0.257 e. The number of nitrogens with zero attached hydrogens (tertiary/aromatic N) is 3. The Morgan fingerprint density at radius 1 is 1.04 bits per heavy atom. The van der Waals surface area contributed by atoms with Gasteiger partial charge in [-0.1, -0.05) is 59.7 Å². The van der Waals surface area contributed by atoms with Crippen LogP contribution in [0.1, 0.15) is 39.9 Å². The van der Waals surface area contributed by atoms with E-state index < -0.39 is 0 Å². The maximum Gasteiger partial charge on any atom is 0.257 e. The SMILES string of the molecule is Cc1ccc(Cn2cc(C(=O)N(C)C3CC3)c(-c3ccc(C)cc3)n2)cc1. The van der Waals surface area contributed by atoms with Crippen molar-refractivity contribution < 1.29 is 4.79 Å². The van der Waals surface area contributed by atoms with Gasteiger partial charge >= 0.3 is 0 Å². The number of aromatic nitrogens is 2. The molecule has 4 rings (SSSR count). The van der Waals surface area contributed by atoms with Crippen LogP contribution in [0, 0.1) is 13.8 Å². The van der Waals surface area contributed by atoms with Gasteiger partial charge in [-0.15, -0.1) is 0 Å². The van der Waals surface area contributed by atoms with Crippen molar-refractivity contribution in [2.24, 2.45) is 0 Å². The molecule has 1 aliphatic carbocycles. The maximum absolute atomic E-state index is 13.1. The Morgan fingerprint density at radius 3 is 2.22 bits per heavy atom. The number of hydrogen-bond donors (Lipinski definition) is 0. The molecule has 138 valence electrons. The van der Waals surface area contributed by atoms with Crippen molar-refractivity contribution in [1.82, 2.24) is 14.7 Å². The van der Waals surface area contributed by atoms with Gasteiger partial charge in [0.25, 0.3) is 5.91 Å². The van der Waals surface area contributed by atoms with Gasteiger partial charge in [-0.3, -0.25) is 9.48 Å². The normalized spacial score (nSPS) is 13.6. The summed E-state index contributed by atoms with van der Waals surface area (Å²) in [6.07, 6.45) is 4.09. The van der Waals surface area contributed by atoms with E-state index in [1.54, 1.807) is 0 Å². The predicted octanol–water partition coefficient (Wildman–Crippen LogP) is 4.45. The highest BCUT2D eigenvalue weighted by Crippen LogP contribution is 2.30. The van der Waals surface area contributed by atoms with Crippen molar-refractivity contribution in [3.05, 3.63) is 77.0 Å². The molecule has 27 heavy (non-hydrogen) atoms. The highest BCUT2D eigenvalue weighted by Gasteiger charge is 2.32. The zero-order valence-corrected chi connectivity index (χ0v) is 16.1. The molecule has 0 unspecified atom stereocenters. The summed E-state index contributed by atoms with van der Waals surface area (Å²) in [5, 5.41) is 4.78. The number of aryl methyl sites for hydroxylation is 2. The molecule has 0 atom stereocenters. The fourth-order valence-corrected chi connectivity index (χ4v) is 3.28. The molecule has 2 aromatic carbocycles. The van der Waals surface area contributed by atoms with Crippen LogP contribution in [-0.4, -0.2) is 33.7 Å². The lowest BCUT2D eigenvalue weighted by Crippen LogP contribution is -2.28. The van der Waals surface area contributed by atoms with Crippen LogP contribution < -0.4 is 0 Å². The fraction of sp³-hybridized carbons (Fsp3) is 0.304. The molecule has 4 nitrogen and oxygen atoms in total. The molecule has 0 aliphatic heterocycles. The summed E-state index contributed by atoms with van der Waals surface area (Å²) in [4.78, 5) is 14.9. The third kappa shape index (κ3) is 3.80. The summed E-state index contributed by atoms with van der Waals surface area (Å²) in [5.41, 5.74) is 6.03. The maximum atomic E-state index is 13.1. The first kappa shape index (κ1) is 17.5. The minimum absolute atomic E-state index is 0.0585. The van der Waals surface area contributed by atoms with E-state index in [0.717, 1.165) is 24.1 Å². The summed E-state index contributed by atoms with van der Waals surface area (Å²) < 4.78 is 1.88. The fourth-order valence-electron chi connectivity index (χ4n) is 3.28. The summed E-state index contributed by atoms with van der Waals surface area (Å²) in [6, 6.07) is 17.0. The van der Waals surface area contributed by atoms with Gasteiger partial charge in [0, 0.05) is 24.8 Å². The van der Waals surface area contributed by atoms with Gasteiger partial charge in [0.05, 0.1) is 12.1 Å². The van der Waals surface area contributed by atoms with Gasteiger partial charge in [0.1, 0.15) is 5.69 Å². The topological polar surface area (TPSA) is 38.1 Å². The Kier molecular flexibility index (Phi) is 4.56. The summed E-state index contributed by atoms with van der Waals surface area (Å²) in [6.45, 7) is 4.80. The average molecular weight is 359 g/mol. The predicted molar refractivity (Wildman–Crippen MR) is 108 cm³/mol. The Hall–Kier alpha value is -2.88. The Balaban J connectivity index is 1.70. The Bertz CT molecular complexity index is 950. The van der Waals surface area contributed by atoms with Gasteiger partial charge in [-0.05, 0) is 32.3 Å². The van der Waals surface area contributed by atoms with E-state index >= 15 is 0 Å². The van der Waals surface area contributed by atoms with Crippen LogP contribution in [0.3, 0.4) is 0 Å². The third-order valence-electron chi connectivity index (χ3n) is 5.20. The molecule has 1 saturated carbocycles. The van der Waals surface area contributed by atoms with E-state index in [0.29, 0.717) is 18.2 Å². The van der Waals surface area contributed by atoms with E-state index in [1.807, 2.05) is 35.0 Å². The molecule has 1 amide bonds. The zero-order valence-electron chi connectivity index (χ0n) is 16.1. The van der Waals surface area contributed by atoms with E-state index in [2.05, 4.69) is 50.2 Å². The Labute approximate surface area is 160 Å². The summed E-state index contributed by atoms with van der Waals surface area (Å²) >= 11 is 0. The first-order chi connectivity index (χ1) is 13.0. The highest BCUT2D eigenvalue weighted by atomic mass is 16.2. The molecular weight excluding hydrogens is 334 g/mol. The van der Waals surface area contributed by atoms with Crippen LogP contribution in [0.5, 0.6) is 0 Å². The van der Waals surface area contributed by atoms with Crippen LogP contribution in [0.2, 0.25) is 0 Å². The number of rotatable bonds is 5. The third-order valence-corrected chi connectivity index (χ3v) is 5.20. The minimum atomic E-state index is 0.0585. The van der Waals surface area contributed by atoms with E-state index in [4.69, 9.17) is 5.10 Å². The molecule has 0 radical (unpaired) electrons. The lowest BCUT2D eigenvalue weighted by molar-refractivity contribution is 0.0785. The van der Waals surface area contributed by atoms with E-state index in [1.165, 1.54) is 16.7 Å². The number of amides is 1. The van der Waals surface area contributed by atoms with E-state index in [9.17, 15) is 4.79 Å². The van der Waals surface area contributed by atoms with Crippen molar-refractivity contribution in [2.75, 3.05) is 7.05 Å². The van der Waals surface area contributed by atoms with Crippen LogP contribution in [-0.2, 0) is 6.54 Å². The first-order valence-corrected chi connectivity index (χ1v) is 9.48. The van der Waals surface area contributed by atoms with Crippen molar-refractivity contribution in [1.29, 1.82) is 0 Å². The monoisotopic (exact) mass is 359 g/mol. The van der Waals surface area contributed by atoms with Crippen LogP contribution >= 0.6 is 0 Å². The highest BCUT2D eigenvalue weighted by molar-refractivity contribution is 6.00. The second kappa shape index (κ2) is 7.03. The van der Waals surface area contributed by atoms with Crippen LogP contribution in [0.4, 0.5) is 0 Å². The lowest BCUT2D eigenvalue weighted by atomic mass is 10.1. The van der Waals surface area contributed by atoms with Gasteiger partial charge in [0.15, 0.2) is 0 Å². The quantitative estimate of drug-likeness (QED) is 0.675. The molecule has 3 aromatic rings. The minimum Gasteiger partial charge on any atom is -0.339 e. The standard InChI is InChI=1S/C23H25N3O/c1-16-4-8-18(9-5-16)14-26-15-21(23(27)25(3)20-12-13-20)22(24-26)19-10-6-17(2)7-11-19/h4-11,15,20H,12-14H2,1-3H3. The average Bonchev–Trinajstić information content (AvgIpc) is 3.44. The van der Waals surface area contributed by atoms with Crippen LogP contribution in [0.25, 0.3) is 11.3 Å². The molecular formula is C23H25N3O. The zero-order chi connectivity index (χ0) is 19.0. The molecule has 0 N–H and O–H groups in total. The van der Waals surface area contributed by atoms with Crippen molar-refractivity contribution in [2.45, 2.75) is 39.3 Å². The molecule has 0 saturated heterocycles. The molecule has 1 aliphatic rings. The lowest BCUT2D eigenvalue weighted by Gasteiger charge is -2.15. The van der Waals surface area contributed by atoms with Crippen LogP contribution in [0.15, 0.2) is 54.7 Å². The van der Waals surface area contributed by atoms with Crippen molar-refractivity contribution in [3.63, 3.8) is 0 Å². The summed E-state index contributed by atoms with van der Waals surface area (Å²) in [7, 11) is 1.90. The van der Waals surface area contributed by atoms with Crippen molar-refractivity contribution >= 4 is 5.91 Å². The summed E-state index contributed by atoms with van der Waals surface area (Å²) in [5.74, 6) is 0.0585. The largest absolute Gasteiger partial charge is 0.339 e. The second-order valence-electron chi connectivity index (χ2n) is 7.59. The number of benzene rings is 2.